The Morgan fingerprint density at radius 3 is 2.44 bits per heavy atom. The normalized spacial score (nSPS) is 10.4. The number of aromatic hydroxyl groups is 1. The molecule has 0 unspecified atom stereocenters. The highest BCUT2D eigenvalue weighted by Gasteiger charge is 2.14. The van der Waals surface area contributed by atoms with Crippen molar-refractivity contribution in [3.8, 4) is 5.75 Å². The van der Waals surface area contributed by atoms with E-state index in [1.165, 1.54) is 0 Å². The predicted molar refractivity (Wildman–Crippen MR) is 102 cm³/mol. The van der Waals surface area contributed by atoms with Crippen molar-refractivity contribution in [3.05, 3.63) is 87.8 Å². The minimum atomic E-state index is -0.323. The molecule has 25 heavy (non-hydrogen) atoms. The molecule has 4 N–H and O–H groups in total. The van der Waals surface area contributed by atoms with Crippen LogP contribution in [0.5, 0.6) is 5.75 Å². The molecule has 0 aliphatic heterocycles. The van der Waals surface area contributed by atoms with E-state index in [-0.39, 0.29) is 22.6 Å². The maximum atomic E-state index is 12.3. The molecule has 0 amide bonds. The first-order chi connectivity index (χ1) is 12.0. The van der Waals surface area contributed by atoms with Gasteiger partial charge in [-0.3, -0.25) is 10.2 Å². The average molecular weight is 351 g/mol. The Bertz CT molecular complexity index is 948. The van der Waals surface area contributed by atoms with Gasteiger partial charge in [-0.25, -0.2) is 0 Å². The van der Waals surface area contributed by atoms with Crippen molar-refractivity contribution in [1.29, 1.82) is 5.41 Å². The topological polar surface area (TPSA) is 89.0 Å². The van der Waals surface area contributed by atoms with Gasteiger partial charge in [-0.05, 0) is 35.9 Å². The zero-order valence-corrected chi connectivity index (χ0v) is 14.2. The lowest BCUT2D eigenvalue weighted by Gasteiger charge is -2.12. The summed E-state index contributed by atoms with van der Waals surface area (Å²) in [7, 11) is 0. The number of aromatic amines is 1. The fourth-order valence-corrected chi connectivity index (χ4v) is 2.61. The van der Waals surface area contributed by atoms with Gasteiger partial charge in [-0.1, -0.05) is 24.3 Å². The van der Waals surface area contributed by atoms with Crippen LogP contribution in [0.1, 0.15) is 16.7 Å². The van der Waals surface area contributed by atoms with Crippen molar-refractivity contribution in [2.45, 2.75) is 11.4 Å². The summed E-state index contributed by atoms with van der Waals surface area (Å²) in [5.74, 6) is 0.204. The van der Waals surface area contributed by atoms with Gasteiger partial charge in [0.2, 0.25) is 0 Å². The molecule has 0 fully saturated rings. The average Bonchev–Trinajstić information content (AvgIpc) is 2.61. The van der Waals surface area contributed by atoms with Crippen LogP contribution in [0.25, 0.3) is 0 Å². The third-order valence-corrected chi connectivity index (χ3v) is 4.08. The molecule has 0 bridgehead atoms. The number of phenols is 1. The van der Waals surface area contributed by atoms with Crippen LogP contribution < -0.4 is 10.9 Å². The van der Waals surface area contributed by atoms with E-state index in [9.17, 15) is 9.90 Å². The molecule has 2 aromatic carbocycles. The first kappa shape index (κ1) is 16.9. The molecule has 6 heteroatoms. The summed E-state index contributed by atoms with van der Waals surface area (Å²) in [6, 6.07) is 15.6. The minimum Gasteiger partial charge on any atom is -0.508 e. The Labute approximate surface area is 150 Å². The maximum absolute atomic E-state index is 12.3. The molecule has 0 atom stereocenters. The number of thiol groups is 1. The molecule has 3 rings (SSSR count). The number of aromatic nitrogens is 1. The van der Waals surface area contributed by atoms with Crippen LogP contribution in [0.15, 0.2) is 70.5 Å². The van der Waals surface area contributed by atoms with Gasteiger partial charge in [0.15, 0.2) is 0 Å². The third-order valence-electron chi connectivity index (χ3n) is 3.79. The molecule has 0 radical (unpaired) electrons. The van der Waals surface area contributed by atoms with Crippen molar-refractivity contribution in [2.24, 2.45) is 0 Å². The number of hydrogen-bond donors (Lipinski definition) is 5. The van der Waals surface area contributed by atoms with Gasteiger partial charge in [0, 0.05) is 23.2 Å². The predicted octanol–water partition coefficient (Wildman–Crippen LogP) is 3.40. The molecular weight excluding hydrogens is 334 g/mol. The van der Waals surface area contributed by atoms with Crippen molar-refractivity contribution in [3.63, 3.8) is 0 Å². The highest BCUT2D eigenvalue weighted by atomic mass is 32.1. The van der Waals surface area contributed by atoms with Crippen molar-refractivity contribution >= 4 is 24.0 Å². The second-order valence-corrected chi connectivity index (χ2v) is 6.05. The smallest absolute Gasteiger partial charge is 0.259 e. The Hall–Kier alpha value is -2.99. The molecular formula is C19H17N3O2S. The second kappa shape index (κ2) is 7.27. The summed E-state index contributed by atoms with van der Waals surface area (Å²) in [5.41, 5.74) is 2.28. The SMILES string of the molecule is N=C(c1ccc(S)cc1)c1c(NCc2ccc(O)cc2)cc[nH]c1=O. The van der Waals surface area contributed by atoms with E-state index in [1.807, 2.05) is 0 Å². The van der Waals surface area contributed by atoms with Gasteiger partial charge in [0.25, 0.3) is 5.56 Å². The highest BCUT2D eigenvalue weighted by Crippen LogP contribution is 2.18. The molecule has 3 aromatic rings. The number of nitrogens with one attached hydrogen (secondary N) is 3. The third kappa shape index (κ3) is 3.92. The fraction of sp³-hybridized carbons (Fsp3) is 0.0526. The Kier molecular flexibility index (Phi) is 4.90. The monoisotopic (exact) mass is 351 g/mol. The standard InChI is InChI=1S/C19H17N3O2S/c20-18(13-3-7-15(25)8-4-13)17-16(9-10-21-19(17)24)22-11-12-1-5-14(23)6-2-12/h1-10,20,23,25H,11H2,(H2,21,22,24). The quantitative estimate of drug-likeness (QED) is 0.360. The van der Waals surface area contributed by atoms with Crippen LogP contribution in [0, 0.1) is 5.41 Å². The van der Waals surface area contributed by atoms with Crippen LogP contribution in [-0.4, -0.2) is 15.8 Å². The van der Waals surface area contributed by atoms with Crippen molar-refractivity contribution in [1.82, 2.24) is 4.98 Å². The lowest BCUT2D eigenvalue weighted by atomic mass is 10.0. The Morgan fingerprint density at radius 1 is 1.08 bits per heavy atom. The van der Waals surface area contributed by atoms with E-state index in [1.54, 1.807) is 60.8 Å². The number of phenolic OH excluding ortho intramolecular Hbond substituents is 1. The Morgan fingerprint density at radius 2 is 1.76 bits per heavy atom. The van der Waals surface area contributed by atoms with Crippen molar-refractivity contribution in [2.75, 3.05) is 5.32 Å². The van der Waals surface area contributed by atoms with E-state index in [4.69, 9.17) is 5.41 Å². The van der Waals surface area contributed by atoms with Gasteiger partial charge in [0.05, 0.1) is 17.0 Å². The largest absolute Gasteiger partial charge is 0.508 e. The van der Waals surface area contributed by atoms with Gasteiger partial charge in [0.1, 0.15) is 5.75 Å². The summed E-state index contributed by atoms with van der Waals surface area (Å²) < 4.78 is 0. The molecule has 0 aliphatic carbocycles. The van der Waals surface area contributed by atoms with Crippen LogP contribution in [0.4, 0.5) is 5.69 Å². The zero-order chi connectivity index (χ0) is 17.8. The summed E-state index contributed by atoms with van der Waals surface area (Å²) in [6.45, 7) is 0.472. The lowest BCUT2D eigenvalue weighted by molar-refractivity contribution is 0.475. The zero-order valence-electron chi connectivity index (χ0n) is 13.3. The molecule has 5 nitrogen and oxygen atoms in total. The van der Waals surface area contributed by atoms with E-state index >= 15 is 0 Å². The number of H-pyrrole nitrogens is 1. The number of pyridine rings is 1. The van der Waals surface area contributed by atoms with Crippen molar-refractivity contribution < 1.29 is 5.11 Å². The summed E-state index contributed by atoms with van der Waals surface area (Å²) in [5, 5.41) is 21.0. The van der Waals surface area contributed by atoms with E-state index in [0.29, 0.717) is 17.8 Å². The molecule has 1 heterocycles. The summed E-state index contributed by atoms with van der Waals surface area (Å²) in [4.78, 5) is 15.7. The number of benzene rings is 2. The van der Waals surface area contributed by atoms with E-state index in [0.717, 1.165) is 10.5 Å². The molecule has 1 aromatic heterocycles. The Balaban J connectivity index is 1.89. The van der Waals surface area contributed by atoms with Crippen LogP contribution in [-0.2, 0) is 6.54 Å². The van der Waals surface area contributed by atoms with Crippen LogP contribution in [0.2, 0.25) is 0 Å². The van der Waals surface area contributed by atoms with E-state index in [2.05, 4.69) is 22.9 Å². The number of anilines is 1. The van der Waals surface area contributed by atoms with E-state index < -0.39 is 0 Å². The minimum absolute atomic E-state index is 0.142. The number of rotatable bonds is 5. The van der Waals surface area contributed by atoms with Crippen LogP contribution in [0.3, 0.4) is 0 Å². The fourth-order valence-electron chi connectivity index (χ4n) is 2.46. The van der Waals surface area contributed by atoms with Gasteiger partial charge < -0.3 is 15.4 Å². The molecule has 0 saturated heterocycles. The maximum Gasteiger partial charge on any atom is 0.259 e. The molecule has 126 valence electrons. The molecule has 0 spiro atoms. The lowest BCUT2D eigenvalue weighted by Crippen LogP contribution is -2.21. The first-order valence-electron chi connectivity index (χ1n) is 7.66. The number of hydrogen-bond acceptors (Lipinski definition) is 5. The highest BCUT2D eigenvalue weighted by molar-refractivity contribution is 7.80. The van der Waals surface area contributed by atoms with Gasteiger partial charge >= 0.3 is 0 Å². The molecule has 0 saturated carbocycles. The van der Waals surface area contributed by atoms with Gasteiger partial charge in [-0.15, -0.1) is 12.6 Å². The van der Waals surface area contributed by atoms with Gasteiger partial charge in [-0.2, -0.15) is 0 Å². The summed E-state index contributed by atoms with van der Waals surface area (Å²) in [6.07, 6.45) is 1.55. The second-order valence-electron chi connectivity index (χ2n) is 5.54. The molecule has 0 aliphatic rings. The first-order valence-corrected chi connectivity index (χ1v) is 8.11. The summed E-state index contributed by atoms with van der Waals surface area (Å²) >= 11 is 4.24. The van der Waals surface area contributed by atoms with Crippen LogP contribution >= 0.6 is 12.6 Å².